The summed E-state index contributed by atoms with van der Waals surface area (Å²) in [5, 5.41) is 0. The van der Waals surface area contributed by atoms with Crippen molar-refractivity contribution < 1.29 is 32.7 Å². The van der Waals surface area contributed by atoms with Gasteiger partial charge < -0.3 is 18.5 Å². The van der Waals surface area contributed by atoms with Crippen molar-refractivity contribution in [2.45, 2.75) is 220 Å². The van der Waals surface area contributed by atoms with E-state index in [1.165, 1.54) is 134 Å². The topological polar surface area (TPSA) is 88.1 Å². The van der Waals surface area contributed by atoms with E-state index in [-0.39, 0.29) is 38.2 Å². The molecule has 0 N–H and O–H groups in total. The summed E-state index contributed by atoms with van der Waals surface area (Å²) >= 11 is 0. The van der Waals surface area contributed by atoms with Gasteiger partial charge in [-0.15, -0.1) is 0 Å². The van der Waals surface area contributed by atoms with Crippen LogP contribution in [0.3, 0.4) is 0 Å². The van der Waals surface area contributed by atoms with Gasteiger partial charge in [-0.05, 0) is 26.7 Å². The van der Waals surface area contributed by atoms with Gasteiger partial charge in [0.15, 0.2) is 0 Å². The summed E-state index contributed by atoms with van der Waals surface area (Å²) in [5.74, 6) is 0.869. The van der Waals surface area contributed by atoms with Crippen molar-refractivity contribution in [1.29, 1.82) is 0 Å². The molecule has 0 fully saturated rings. The van der Waals surface area contributed by atoms with Crippen LogP contribution in [0.5, 0.6) is 0 Å². The highest BCUT2D eigenvalue weighted by molar-refractivity contribution is 7.57. The molecule has 0 spiro atoms. The second kappa shape index (κ2) is 36.6. The molecule has 49 heavy (non-hydrogen) atoms. The third-order valence-corrected chi connectivity index (χ3v) is 10.8. The van der Waals surface area contributed by atoms with Gasteiger partial charge in [0.25, 0.3) is 0 Å². The van der Waals surface area contributed by atoms with Crippen molar-refractivity contribution in [3.05, 3.63) is 11.9 Å². The summed E-state index contributed by atoms with van der Waals surface area (Å²) in [6, 6.07) is 0. The molecule has 0 aliphatic carbocycles. The molecule has 0 bridgehead atoms. The Hall–Kier alpha value is -1.17. The molecule has 0 rings (SSSR count). The van der Waals surface area contributed by atoms with Gasteiger partial charge in [-0.1, -0.05) is 174 Å². The molecule has 0 radical (unpaired) electrons. The minimum Gasteiger partial charge on any atom is -0.462 e. The average molecular weight is 715 g/mol. The summed E-state index contributed by atoms with van der Waals surface area (Å²) in [6.07, 6.45) is 34.5. The highest BCUT2D eigenvalue weighted by atomic mass is 31.2. The van der Waals surface area contributed by atoms with Crippen molar-refractivity contribution in [1.82, 2.24) is 0 Å². The summed E-state index contributed by atoms with van der Waals surface area (Å²) in [6.45, 7) is 8.55. The van der Waals surface area contributed by atoms with Crippen LogP contribution in [-0.2, 0) is 32.7 Å². The number of esters is 2. The van der Waals surface area contributed by atoms with Gasteiger partial charge in [0.05, 0.1) is 13.2 Å². The van der Waals surface area contributed by atoms with Crippen molar-refractivity contribution in [2.75, 3.05) is 19.8 Å². The summed E-state index contributed by atoms with van der Waals surface area (Å²) < 4.78 is 34.7. The lowest BCUT2D eigenvalue weighted by molar-refractivity contribution is -0.159. The van der Waals surface area contributed by atoms with Gasteiger partial charge in [-0.3, -0.25) is 14.2 Å². The zero-order valence-electron chi connectivity index (χ0n) is 32.7. The quantitative estimate of drug-likeness (QED) is 0.0357. The van der Waals surface area contributed by atoms with Crippen molar-refractivity contribution in [2.24, 2.45) is 0 Å². The molecule has 0 aromatic carbocycles. The van der Waals surface area contributed by atoms with Crippen molar-refractivity contribution in [3.8, 4) is 0 Å². The molecule has 7 nitrogen and oxygen atoms in total. The van der Waals surface area contributed by atoms with Crippen molar-refractivity contribution >= 4 is 19.5 Å². The van der Waals surface area contributed by atoms with Crippen LogP contribution in [0.4, 0.5) is 0 Å². The second-order valence-corrected chi connectivity index (χ2v) is 15.7. The molecule has 0 aliphatic rings. The van der Waals surface area contributed by atoms with E-state index in [9.17, 15) is 14.2 Å². The largest absolute Gasteiger partial charge is 0.462 e. The molecule has 290 valence electrons. The van der Waals surface area contributed by atoms with Gasteiger partial charge in [0.2, 0.25) is 0 Å². The monoisotopic (exact) mass is 715 g/mol. The zero-order chi connectivity index (χ0) is 36.1. The smallest absolute Gasteiger partial charge is 0.353 e. The lowest BCUT2D eigenvalue weighted by atomic mass is 10.0. The molecule has 0 aliphatic heterocycles. The highest BCUT2D eigenvalue weighted by Crippen LogP contribution is 2.49. The normalized spacial score (nSPS) is 12.5. The molecule has 0 heterocycles. The SMILES string of the molecule is CCCCCCCCCCCCCCCC(=O)OCC(C/C=C\P(=O)(OCC)OCC)OC(=O)CCCCCCCCCCCCCCC. The van der Waals surface area contributed by atoms with Crippen LogP contribution in [0.1, 0.15) is 214 Å². The molecule has 0 amide bonds. The van der Waals surface area contributed by atoms with Crippen LogP contribution in [0.25, 0.3) is 0 Å². The van der Waals surface area contributed by atoms with E-state index in [2.05, 4.69) is 13.8 Å². The van der Waals surface area contributed by atoms with Crippen molar-refractivity contribution in [3.63, 3.8) is 0 Å². The molecular formula is C41H79O7P. The maximum Gasteiger partial charge on any atom is 0.353 e. The molecular weight excluding hydrogens is 635 g/mol. The molecule has 8 heteroatoms. The Labute approximate surface area is 303 Å². The van der Waals surface area contributed by atoms with Gasteiger partial charge in [-0.2, -0.15) is 0 Å². The van der Waals surface area contributed by atoms with Gasteiger partial charge in [-0.25, -0.2) is 0 Å². The van der Waals surface area contributed by atoms with E-state index < -0.39 is 13.7 Å². The summed E-state index contributed by atoms with van der Waals surface area (Å²) in [5.41, 5.74) is 0. The Bertz CT molecular complexity index is 806. The molecule has 0 saturated carbocycles. The van der Waals surface area contributed by atoms with Crippen LogP contribution in [0, 0.1) is 0 Å². The number of ether oxygens (including phenoxy) is 2. The van der Waals surface area contributed by atoms with E-state index in [1.807, 2.05) is 0 Å². The fourth-order valence-electron chi connectivity index (χ4n) is 6.05. The molecule has 0 aromatic rings. The van der Waals surface area contributed by atoms with Crippen LogP contribution in [0.15, 0.2) is 11.9 Å². The zero-order valence-corrected chi connectivity index (χ0v) is 33.6. The lowest BCUT2D eigenvalue weighted by Crippen LogP contribution is -2.25. The standard InChI is InChI=1S/C41H79O7P/c1-5-9-11-13-15-17-19-21-23-25-27-29-31-35-40(42)45-38-39(34-33-37-49(44,46-7-3)47-8-4)48-41(43)36-32-30-28-26-24-22-20-18-16-14-12-10-6-2/h33,37,39H,5-32,34-36,38H2,1-4H3/b37-33-. The van der Waals surface area contributed by atoms with Crippen LogP contribution in [-0.4, -0.2) is 37.9 Å². The molecule has 0 saturated heterocycles. The van der Waals surface area contributed by atoms with Gasteiger partial charge >= 0.3 is 19.5 Å². The number of hydrogen-bond donors (Lipinski definition) is 0. The first-order chi connectivity index (χ1) is 23.9. The third-order valence-electron chi connectivity index (χ3n) is 9.00. The van der Waals surface area contributed by atoms with E-state index in [0.29, 0.717) is 12.8 Å². The Morgan fingerprint density at radius 1 is 0.510 bits per heavy atom. The maximum atomic E-state index is 12.8. The second-order valence-electron chi connectivity index (χ2n) is 13.8. The van der Waals surface area contributed by atoms with E-state index in [1.54, 1.807) is 19.9 Å². The van der Waals surface area contributed by atoms with E-state index in [0.717, 1.165) is 38.5 Å². The number of unbranched alkanes of at least 4 members (excludes halogenated alkanes) is 24. The highest BCUT2D eigenvalue weighted by Gasteiger charge is 2.21. The fourth-order valence-corrected chi connectivity index (χ4v) is 7.40. The minimum atomic E-state index is -3.36. The summed E-state index contributed by atoms with van der Waals surface area (Å²) in [4.78, 5) is 25.2. The van der Waals surface area contributed by atoms with E-state index >= 15 is 0 Å². The van der Waals surface area contributed by atoms with Crippen LogP contribution >= 0.6 is 7.60 Å². The van der Waals surface area contributed by atoms with Crippen LogP contribution in [0.2, 0.25) is 0 Å². The lowest BCUT2D eigenvalue weighted by Gasteiger charge is -2.17. The summed E-state index contributed by atoms with van der Waals surface area (Å²) in [7, 11) is -3.36. The van der Waals surface area contributed by atoms with Gasteiger partial charge in [0.1, 0.15) is 12.7 Å². The predicted molar refractivity (Wildman–Crippen MR) is 206 cm³/mol. The Kier molecular flexibility index (Phi) is 35.7. The third kappa shape index (κ3) is 33.7. The Morgan fingerprint density at radius 2 is 0.857 bits per heavy atom. The van der Waals surface area contributed by atoms with Crippen LogP contribution < -0.4 is 0 Å². The number of hydrogen-bond acceptors (Lipinski definition) is 7. The molecule has 1 unspecified atom stereocenters. The fraction of sp³-hybridized carbons (Fsp3) is 0.902. The first-order valence-corrected chi connectivity index (χ1v) is 22.4. The maximum absolute atomic E-state index is 12.8. The van der Waals surface area contributed by atoms with E-state index in [4.69, 9.17) is 18.5 Å². The number of carbonyl (C=O) groups excluding carboxylic acids is 2. The average Bonchev–Trinajstić information content (AvgIpc) is 3.08. The Morgan fingerprint density at radius 3 is 1.22 bits per heavy atom. The first kappa shape index (κ1) is 47.8. The first-order valence-electron chi connectivity index (χ1n) is 20.8. The predicted octanol–water partition coefficient (Wildman–Crippen LogP) is 13.6. The number of carbonyl (C=O) groups is 2. The Balaban J connectivity index is 4.37. The number of rotatable bonds is 38. The van der Waals surface area contributed by atoms with Gasteiger partial charge in [0, 0.05) is 25.1 Å². The molecule has 0 aromatic heterocycles. The minimum absolute atomic E-state index is 0.0144. The molecule has 1 atom stereocenters.